The Kier molecular flexibility index (Phi) is 10.2. The van der Waals surface area contributed by atoms with Crippen molar-refractivity contribution in [2.75, 3.05) is 6.61 Å². The van der Waals surface area contributed by atoms with Crippen LogP contribution >= 0.6 is 7.60 Å². The molecular weight excluding hydrogens is 291 g/mol. The first-order valence-electron chi connectivity index (χ1n) is 8.08. The summed E-state index contributed by atoms with van der Waals surface area (Å²) in [6, 6.07) is 0. The molecule has 0 aliphatic heterocycles. The molecule has 0 heterocycles. The Balaban J connectivity index is 5.04. The minimum atomic E-state index is -4.55. The van der Waals surface area contributed by atoms with E-state index in [0.717, 1.165) is 32.1 Å². The number of carbonyl (C=O) groups excluding carboxylic acids is 1. The summed E-state index contributed by atoms with van der Waals surface area (Å²) in [5.41, 5.74) is 0. The number of hydrogen-bond donors (Lipinski definition) is 2. The summed E-state index contributed by atoms with van der Waals surface area (Å²) >= 11 is 0. The van der Waals surface area contributed by atoms with Gasteiger partial charge < -0.3 is 14.5 Å². The number of unbranched alkanes of at least 4 members (excludes halogenated alkanes) is 4. The van der Waals surface area contributed by atoms with Gasteiger partial charge in [0.05, 0.1) is 6.61 Å². The van der Waals surface area contributed by atoms with E-state index in [1.54, 1.807) is 0 Å². The summed E-state index contributed by atoms with van der Waals surface area (Å²) in [7, 11) is -4.55. The smallest absolute Gasteiger partial charge is 0.342 e. The molecule has 0 atom stereocenters. The van der Waals surface area contributed by atoms with Crippen molar-refractivity contribution in [3.63, 3.8) is 0 Å². The molecular formula is C15H31O5P. The molecule has 0 aromatic carbocycles. The van der Waals surface area contributed by atoms with Gasteiger partial charge in [0.2, 0.25) is 0 Å². The molecule has 5 nitrogen and oxygen atoms in total. The molecule has 0 unspecified atom stereocenters. The molecule has 0 saturated carbocycles. The predicted octanol–water partition coefficient (Wildman–Crippen LogP) is 4.02. The molecule has 0 aliphatic carbocycles. The third kappa shape index (κ3) is 6.50. The second-order valence-corrected chi connectivity index (χ2v) is 7.57. The van der Waals surface area contributed by atoms with Gasteiger partial charge in [-0.25, -0.2) is 0 Å². The lowest BCUT2D eigenvalue weighted by atomic mass is 9.95. The van der Waals surface area contributed by atoms with Gasteiger partial charge in [-0.15, -0.1) is 0 Å². The van der Waals surface area contributed by atoms with Gasteiger partial charge in [0.15, 0.2) is 5.16 Å². The Morgan fingerprint density at radius 3 is 1.81 bits per heavy atom. The van der Waals surface area contributed by atoms with Crippen molar-refractivity contribution in [1.82, 2.24) is 0 Å². The maximum absolute atomic E-state index is 12.4. The Labute approximate surface area is 128 Å². The molecule has 126 valence electrons. The zero-order valence-corrected chi connectivity index (χ0v) is 14.5. The third-order valence-corrected chi connectivity index (χ3v) is 5.55. The molecule has 0 bridgehead atoms. The van der Waals surface area contributed by atoms with E-state index in [1.807, 2.05) is 20.8 Å². The number of esters is 1. The van der Waals surface area contributed by atoms with Crippen LogP contribution in [0.1, 0.15) is 78.6 Å². The number of carbonyl (C=O) groups is 1. The fourth-order valence-corrected chi connectivity index (χ4v) is 3.53. The zero-order chi connectivity index (χ0) is 16.4. The van der Waals surface area contributed by atoms with Crippen LogP contribution in [0.5, 0.6) is 0 Å². The fraction of sp³-hybridized carbons (Fsp3) is 0.933. The first-order chi connectivity index (χ1) is 9.85. The van der Waals surface area contributed by atoms with E-state index >= 15 is 0 Å². The van der Waals surface area contributed by atoms with E-state index in [-0.39, 0.29) is 19.4 Å². The molecule has 2 N–H and O–H groups in total. The highest BCUT2D eigenvalue weighted by Gasteiger charge is 2.53. The van der Waals surface area contributed by atoms with Gasteiger partial charge in [-0.1, -0.05) is 59.3 Å². The molecule has 0 radical (unpaired) electrons. The van der Waals surface area contributed by atoms with Crippen LogP contribution < -0.4 is 0 Å². The van der Waals surface area contributed by atoms with E-state index in [1.165, 1.54) is 0 Å². The Morgan fingerprint density at radius 2 is 1.43 bits per heavy atom. The van der Waals surface area contributed by atoms with Gasteiger partial charge in [0, 0.05) is 0 Å². The van der Waals surface area contributed by atoms with Gasteiger partial charge in [0.1, 0.15) is 0 Å². The van der Waals surface area contributed by atoms with Crippen molar-refractivity contribution in [1.29, 1.82) is 0 Å². The largest absolute Gasteiger partial charge is 0.465 e. The lowest BCUT2D eigenvalue weighted by Crippen LogP contribution is -2.40. The maximum Gasteiger partial charge on any atom is 0.342 e. The van der Waals surface area contributed by atoms with Gasteiger partial charge in [-0.3, -0.25) is 9.36 Å². The van der Waals surface area contributed by atoms with Crippen LogP contribution in [0.4, 0.5) is 0 Å². The highest BCUT2D eigenvalue weighted by Crippen LogP contribution is 2.56. The Bertz CT molecular complexity index is 329. The summed E-state index contributed by atoms with van der Waals surface area (Å²) in [5.74, 6) is -0.714. The molecule has 0 amide bonds. The standard InChI is InChI=1S/C15H31O5P/c1-4-7-10-13-20-14(16)15(11-8-5-2,12-9-6-3)21(17,18)19/h4-13H2,1-3H3,(H2,17,18,19). The van der Waals surface area contributed by atoms with E-state index < -0.39 is 18.7 Å². The predicted molar refractivity (Wildman–Crippen MR) is 84.3 cm³/mol. The van der Waals surface area contributed by atoms with Gasteiger partial charge in [-0.2, -0.15) is 0 Å². The Morgan fingerprint density at radius 1 is 0.952 bits per heavy atom. The van der Waals surface area contributed by atoms with Gasteiger partial charge >= 0.3 is 13.6 Å². The van der Waals surface area contributed by atoms with Crippen molar-refractivity contribution in [3.8, 4) is 0 Å². The quantitative estimate of drug-likeness (QED) is 0.322. The summed E-state index contributed by atoms with van der Waals surface area (Å²) in [4.78, 5) is 31.9. The monoisotopic (exact) mass is 322 g/mol. The summed E-state index contributed by atoms with van der Waals surface area (Å²) < 4.78 is 17.2. The lowest BCUT2D eigenvalue weighted by molar-refractivity contribution is -0.148. The van der Waals surface area contributed by atoms with Crippen molar-refractivity contribution in [3.05, 3.63) is 0 Å². The topological polar surface area (TPSA) is 83.8 Å². The van der Waals surface area contributed by atoms with Crippen molar-refractivity contribution >= 4 is 13.6 Å². The van der Waals surface area contributed by atoms with Gasteiger partial charge in [0.25, 0.3) is 0 Å². The molecule has 0 aliphatic rings. The molecule has 0 rings (SSSR count). The van der Waals surface area contributed by atoms with Crippen LogP contribution in [-0.2, 0) is 14.1 Å². The summed E-state index contributed by atoms with van der Waals surface area (Å²) in [6.07, 6.45) is 5.88. The third-order valence-electron chi connectivity index (χ3n) is 3.81. The zero-order valence-electron chi connectivity index (χ0n) is 13.6. The lowest BCUT2D eigenvalue weighted by Gasteiger charge is -2.32. The van der Waals surface area contributed by atoms with Crippen molar-refractivity contribution < 1.29 is 23.9 Å². The van der Waals surface area contributed by atoms with E-state index in [4.69, 9.17) is 4.74 Å². The first-order valence-corrected chi connectivity index (χ1v) is 9.69. The normalized spacial score (nSPS) is 12.4. The molecule has 0 aromatic rings. The minimum absolute atomic E-state index is 0.195. The van der Waals surface area contributed by atoms with Crippen LogP contribution in [0.15, 0.2) is 0 Å². The molecule has 0 fully saturated rings. The summed E-state index contributed by atoms with van der Waals surface area (Å²) in [6.45, 7) is 6.17. The SMILES string of the molecule is CCCCCOC(=O)C(CCCC)(CCCC)P(=O)(O)O. The number of ether oxygens (including phenoxy) is 1. The fourth-order valence-electron chi connectivity index (χ4n) is 2.33. The molecule has 0 saturated heterocycles. The molecule has 6 heteroatoms. The van der Waals surface area contributed by atoms with E-state index in [9.17, 15) is 19.1 Å². The summed E-state index contributed by atoms with van der Waals surface area (Å²) in [5, 5.41) is -1.65. The van der Waals surface area contributed by atoms with E-state index in [0.29, 0.717) is 12.8 Å². The van der Waals surface area contributed by atoms with Crippen LogP contribution in [0.25, 0.3) is 0 Å². The molecule has 21 heavy (non-hydrogen) atoms. The average Bonchev–Trinajstić information content (AvgIpc) is 2.42. The van der Waals surface area contributed by atoms with Crippen LogP contribution in [-0.4, -0.2) is 27.5 Å². The van der Waals surface area contributed by atoms with Gasteiger partial charge in [-0.05, 0) is 19.3 Å². The Hall–Kier alpha value is -0.380. The number of rotatable bonds is 12. The second-order valence-electron chi connectivity index (χ2n) is 5.63. The highest BCUT2D eigenvalue weighted by molar-refractivity contribution is 7.54. The molecule has 0 aromatic heterocycles. The minimum Gasteiger partial charge on any atom is -0.465 e. The molecule has 0 spiro atoms. The average molecular weight is 322 g/mol. The van der Waals surface area contributed by atoms with Crippen LogP contribution in [0, 0.1) is 0 Å². The van der Waals surface area contributed by atoms with Crippen molar-refractivity contribution in [2.24, 2.45) is 0 Å². The first kappa shape index (κ1) is 20.6. The second kappa shape index (κ2) is 10.4. The maximum atomic E-state index is 12.4. The van der Waals surface area contributed by atoms with Crippen molar-refractivity contribution in [2.45, 2.75) is 83.7 Å². The highest BCUT2D eigenvalue weighted by atomic mass is 31.2. The van der Waals surface area contributed by atoms with E-state index in [2.05, 4.69) is 0 Å². The van der Waals surface area contributed by atoms with Crippen LogP contribution in [0.3, 0.4) is 0 Å². The number of hydrogen-bond acceptors (Lipinski definition) is 3. The van der Waals surface area contributed by atoms with Crippen LogP contribution in [0.2, 0.25) is 0 Å².